The Balaban J connectivity index is 1.72. The molecule has 0 atom stereocenters. The van der Waals surface area contributed by atoms with Gasteiger partial charge >= 0.3 is 0 Å². The molecule has 30 heavy (non-hydrogen) atoms. The smallest absolute Gasteiger partial charge is 0.293 e. The van der Waals surface area contributed by atoms with Crippen LogP contribution >= 0.6 is 0 Å². The lowest BCUT2D eigenvalue weighted by Gasteiger charge is -2.35. The van der Waals surface area contributed by atoms with Crippen LogP contribution in [-0.4, -0.2) is 47.8 Å². The van der Waals surface area contributed by atoms with Gasteiger partial charge in [-0.1, -0.05) is 12.1 Å². The third-order valence-corrected chi connectivity index (χ3v) is 5.19. The van der Waals surface area contributed by atoms with E-state index in [1.807, 2.05) is 4.90 Å². The summed E-state index contributed by atoms with van der Waals surface area (Å²) in [6, 6.07) is 9.03. The molecule has 1 saturated heterocycles. The van der Waals surface area contributed by atoms with Crippen molar-refractivity contribution in [2.45, 2.75) is 20.4 Å². The van der Waals surface area contributed by atoms with Crippen LogP contribution in [0.15, 0.2) is 36.4 Å². The van der Waals surface area contributed by atoms with Crippen LogP contribution in [-0.2, 0) is 11.3 Å². The van der Waals surface area contributed by atoms with Gasteiger partial charge < -0.3 is 15.1 Å². The summed E-state index contributed by atoms with van der Waals surface area (Å²) < 4.78 is 13.6. The van der Waals surface area contributed by atoms with E-state index in [0.29, 0.717) is 43.0 Å². The number of amides is 2. The van der Waals surface area contributed by atoms with Crippen LogP contribution in [0.2, 0.25) is 0 Å². The molecule has 2 aromatic rings. The average molecular weight is 414 g/mol. The van der Waals surface area contributed by atoms with Crippen molar-refractivity contribution >= 4 is 23.2 Å². The van der Waals surface area contributed by atoms with Crippen molar-refractivity contribution in [2.24, 2.45) is 0 Å². The Hall–Kier alpha value is -3.49. The zero-order valence-electron chi connectivity index (χ0n) is 16.9. The van der Waals surface area contributed by atoms with E-state index in [2.05, 4.69) is 5.32 Å². The maximum Gasteiger partial charge on any atom is 0.293 e. The van der Waals surface area contributed by atoms with Gasteiger partial charge in [-0.25, -0.2) is 4.39 Å². The number of halogens is 1. The SMILES string of the molecule is CC(=O)N1CCN(c2ccc(C(=O)NCc3ccc(C)c(F)c3)cc2[N+](=O)[O-])CC1. The van der Waals surface area contributed by atoms with E-state index in [1.165, 1.54) is 25.1 Å². The first kappa shape index (κ1) is 21.2. The summed E-state index contributed by atoms with van der Waals surface area (Å²) in [4.78, 5) is 38.6. The number of hydrogen-bond donors (Lipinski definition) is 1. The minimum atomic E-state index is -0.515. The van der Waals surface area contributed by atoms with Crippen molar-refractivity contribution in [3.63, 3.8) is 0 Å². The first-order valence-electron chi connectivity index (χ1n) is 9.58. The molecule has 1 aliphatic rings. The zero-order chi connectivity index (χ0) is 21.8. The lowest BCUT2D eigenvalue weighted by Crippen LogP contribution is -2.48. The molecule has 1 N–H and O–H groups in total. The summed E-state index contributed by atoms with van der Waals surface area (Å²) in [5.74, 6) is -0.858. The number of aryl methyl sites for hydroxylation is 1. The van der Waals surface area contributed by atoms with Gasteiger partial charge in [-0.15, -0.1) is 0 Å². The Labute approximate surface area is 173 Å². The van der Waals surface area contributed by atoms with Gasteiger partial charge in [0.05, 0.1) is 4.92 Å². The van der Waals surface area contributed by atoms with Crippen LogP contribution < -0.4 is 10.2 Å². The summed E-state index contributed by atoms with van der Waals surface area (Å²) >= 11 is 0. The second-order valence-corrected chi connectivity index (χ2v) is 7.22. The van der Waals surface area contributed by atoms with Crippen LogP contribution in [0.5, 0.6) is 0 Å². The van der Waals surface area contributed by atoms with Crippen LogP contribution in [0, 0.1) is 22.9 Å². The van der Waals surface area contributed by atoms with Gasteiger partial charge in [0.15, 0.2) is 0 Å². The fourth-order valence-electron chi connectivity index (χ4n) is 3.37. The highest BCUT2D eigenvalue weighted by Gasteiger charge is 2.25. The summed E-state index contributed by atoms with van der Waals surface area (Å²) in [7, 11) is 0. The number of nitro benzene ring substituents is 1. The van der Waals surface area contributed by atoms with Gasteiger partial charge in [0, 0.05) is 51.3 Å². The molecular weight excluding hydrogens is 391 g/mol. The normalized spacial score (nSPS) is 13.8. The number of nitro groups is 1. The van der Waals surface area contributed by atoms with E-state index in [4.69, 9.17) is 0 Å². The van der Waals surface area contributed by atoms with E-state index in [-0.39, 0.29) is 29.5 Å². The Kier molecular flexibility index (Phi) is 6.29. The van der Waals surface area contributed by atoms with E-state index in [0.717, 1.165) is 0 Å². The summed E-state index contributed by atoms with van der Waals surface area (Å²) in [6.45, 7) is 5.19. The Bertz CT molecular complexity index is 987. The number of nitrogens with zero attached hydrogens (tertiary/aromatic N) is 3. The van der Waals surface area contributed by atoms with Gasteiger partial charge in [0.25, 0.3) is 11.6 Å². The van der Waals surface area contributed by atoms with Gasteiger partial charge in [-0.2, -0.15) is 0 Å². The molecule has 3 rings (SSSR count). The quantitative estimate of drug-likeness (QED) is 0.599. The van der Waals surface area contributed by atoms with Crippen molar-refractivity contribution in [1.82, 2.24) is 10.2 Å². The van der Waals surface area contributed by atoms with E-state index in [1.54, 1.807) is 30.0 Å². The molecule has 0 aliphatic carbocycles. The molecule has 0 unspecified atom stereocenters. The lowest BCUT2D eigenvalue weighted by molar-refractivity contribution is -0.384. The minimum Gasteiger partial charge on any atom is -0.362 e. The number of carbonyl (C=O) groups is 2. The predicted octanol–water partition coefficient (Wildman–Crippen LogP) is 2.64. The first-order valence-corrected chi connectivity index (χ1v) is 9.58. The van der Waals surface area contributed by atoms with E-state index in [9.17, 15) is 24.1 Å². The fraction of sp³-hybridized carbons (Fsp3) is 0.333. The van der Waals surface area contributed by atoms with Crippen molar-refractivity contribution in [1.29, 1.82) is 0 Å². The van der Waals surface area contributed by atoms with E-state index >= 15 is 0 Å². The van der Waals surface area contributed by atoms with Crippen LogP contribution in [0.25, 0.3) is 0 Å². The molecule has 0 bridgehead atoms. The van der Waals surface area contributed by atoms with Gasteiger partial charge in [0.2, 0.25) is 5.91 Å². The molecule has 1 aliphatic heterocycles. The molecule has 158 valence electrons. The van der Waals surface area contributed by atoms with Crippen molar-refractivity contribution in [2.75, 3.05) is 31.1 Å². The maximum atomic E-state index is 13.6. The van der Waals surface area contributed by atoms with E-state index < -0.39 is 10.8 Å². The zero-order valence-corrected chi connectivity index (χ0v) is 16.9. The second kappa shape index (κ2) is 8.89. The Morgan fingerprint density at radius 2 is 1.83 bits per heavy atom. The molecule has 8 nitrogen and oxygen atoms in total. The van der Waals surface area contributed by atoms with Crippen molar-refractivity contribution in [3.05, 3.63) is 69.0 Å². The summed E-state index contributed by atoms with van der Waals surface area (Å²) in [5, 5.41) is 14.3. The molecule has 0 saturated carbocycles. The number of hydrogen-bond acceptors (Lipinski definition) is 5. The number of piperazine rings is 1. The fourth-order valence-corrected chi connectivity index (χ4v) is 3.37. The number of carbonyl (C=O) groups excluding carboxylic acids is 2. The maximum absolute atomic E-state index is 13.6. The molecule has 2 amide bonds. The summed E-state index contributed by atoms with van der Waals surface area (Å²) in [6.07, 6.45) is 0. The Morgan fingerprint density at radius 3 is 2.43 bits per heavy atom. The molecule has 1 fully saturated rings. The molecule has 1 heterocycles. The third kappa shape index (κ3) is 4.73. The Morgan fingerprint density at radius 1 is 1.13 bits per heavy atom. The topological polar surface area (TPSA) is 95.8 Å². The minimum absolute atomic E-state index is 0.0235. The van der Waals surface area contributed by atoms with Crippen LogP contribution in [0.3, 0.4) is 0 Å². The van der Waals surface area contributed by atoms with Crippen LogP contribution in [0.4, 0.5) is 15.8 Å². The third-order valence-electron chi connectivity index (χ3n) is 5.19. The predicted molar refractivity (Wildman–Crippen MR) is 110 cm³/mol. The van der Waals surface area contributed by atoms with Gasteiger partial charge in [-0.3, -0.25) is 19.7 Å². The summed E-state index contributed by atoms with van der Waals surface area (Å²) in [5.41, 5.74) is 1.52. The second-order valence-electron chi connectivity index (χ2n) is 7.22. The van der Waals surface area contributed by atoms with Crippen LogP contribution in [0.1, 0.15) is 28.4 Å². The largest absolute Gasteiger partial charge is 0.362 e. The molecule has 0 radical (unpaired) electrons. The number of anilines is 1. The standard InChI is InChI=1S/C21H23FN4O4/c1-14-3-4-16(11-18(14)22)13-23-21(28)17-5-6-19(20(12-17)26(29)30)25-9-7-24(8-10-25)15(2)27/h3-6,11-12H,7-10,13H2,1-2H3,(H,23,28). The van der Waals surface area contributed by atoms with Crippen molar-refractivity contribution < 1.29 is 18.9 Å². The highest BCUT2D eigenvalue weighted by molar-refractivity contribution is 5.95. The average Bonchev–Trinajstić information content (AvgIpc) is 2.74. The lowest BCUT2D eigenvalue weighted by atomic mass is 10.1. The molecule has 0 spiro atoms. The highest BCUT2D eigenvalue weighted by atomic mass is 19.1. The first-order chi connectivity index (χ1) is 14.3. The highest BCUT2D eigenvalue weighted by Crippen LogP contribution is 2.30. The molecule has 9 heteroatoms. The number of nitrogens with one attached hydrogen (secondary N) is 1. The number of benzene rings is 2. The van der Waals surface area contributed by atoms with Gasteiger partial charge in [-0.05, 0) is 36.2 Å². The van der Waals surface area contributed by atoms with Gasteiger partial charge in [0.1, 0.15) is 11.5 Å². The monoisotopic (exact) mass is 414 g/mol. The molecular formula is C21H23FN4O4. The van der Waals surface area contributed by atoms with Crippen molar-refractivity contribution in [3.8, 4) is 0 Å². The molecule has 0 aromatic heterocycles. The molecule has 2 aromatic carbocycles. The number of rotatable bonds is 5.